The summed E-state index contributed by atoms with van der Waals surface area (Å²) in [7, 11) is -3.82. The van der Waals surface area contributed by atoms with Gasteiger partial charge in [-0.05, 0) is 16.7 Å². The molecule has 3 atom stereocenters. The molecule has 1 aromatic rings. The highest BCUT2D eigenvalue weighted by molar-refractivity contribution is 7.86. The molecule has 0 saturated heterocycles. The summed E-state index contributed by atoms with van der Waals surface area (Å²) in [5.74, 6) is -0.585. The average Bonchev–Trinajstić information content (AvgIpc) is 2.64. The van der Waals surface area contributed by atoms with Gasteiger partial charge < -0.3 is 4.74 Å². The topological polar surface area (TPSA) is 118 Å². The molecule has 0 bridgehead atoms. The lowest BCUT2D eigenvalue weighted by Crippen LogP contribution is -2.27. The fourth-order valence-corrected chi connectivity index (χ4v) is 2.97. The molecular formula is C12H13N3O5S. The summed E-state index contributed by atoms with van der Waals surface area (Å²) < 4.78 is 33.0. The van der Waals surface area contributed by atoms with Crippen LogP contribution in [0, 0.1) is 0 Å². The molecule has 1 aliphatic rings. The van der Waals surface area contributed by atoms with E-state index in [1.165, 1.54) is 6.92 Å². The second kappa shape index (κ2) is 5.72. The molecule has 21 heavy (non-hydrogen) atoms. The molecule has 0 unspecified atom stereocenters. The lowest BCUT2D eigenvalue weighted by Gasteiger charge is -2.21. The van der Waals surface area contributed by atoms with E-state index in [9.17, 15) is 13.2 Å². The largest absolute Gasteiger partial charge is 0.455 e. The summed E-state index contributed by atoms with van der Waals surface area (Å²) in [6.45, 7) is 1.21. The van der Waals surface area contributed by atoms with Crippen LogP contribution in [-0.2, 0) is 23.8 Å². The second-order valence-electron chi connectivity index (χ2n) is 4.57. The van der Waals surface area contributed by atoms with E-state index in [-0.39, 0.29) is 0 Å². The summed E-state index contributed by atoms with van der Waals surface area (Å²) >= 11 is 0. The maximum absolute atomic E-state index is 11.4. The van der Waals surface area contributed by atoms with E-state index in [0.29, 0.717) is 11.1 Å². The van der Waals surface area contributed by atoms with Gasteiger partial charge in [0.25, 0.3) is 10.1 Å². The number of nitrogens with zero attached hydrogens (tertiary/aromatic N) is 3. The van der Waals surface area contributed by atoms with Crippen molar-refractivity contribution < 1.29 is 22.1 Å². The van der Waals surface area contributed by atoms with Crippen molar-refractivity contribution in [3.8, 4) is 0 Å². The molecule has 0 spiro atoms. The van der Waals surface area contributed by atoms with E-state index < -0.39 is 34.3 Å². The fraction of sp³-hybridized carbons (Fsp3) is 0.417. The minimum atomic E-state index is -3.82. The number of hydrogen-bond acceptors (Lipinski definition) is 6. The number of rotatable bonds is 4. The van der Waals surface area contributed by atoms with Crippen LogP contribution in [0.2, 0.25) is 0 Å². The monoisotopic (exact) mass is 311 g/mol. The zero-order valence-electron chi connectivity index (χ0n) is 11.3. The van der Waals surface area contributed by atoms with Crippen molar-refractivity contribution in [3.05, 3.63) is 45.8 Å². The first-order chi connectivity index (χ1) is 9.83. The van der Waals surface area contributed by atoms with Crippen molar-refractivity contribution in [2.45, 2.75) is 25.2 Å². The molecule has 2 rings (SSSR count). The summed E-state index contributed by atoms with van der Waals surface area (Å²) in [4.78, 5) is 14.0. The Bertz CT molecular complexity index is 711. The van der Waals surface area contributed by atoms with Gasteiger partial charge in [-0.1, -0.05) is 29.4 Å². The van der Waals surface area contributed by atoms with Gasteiger partial charge in [-0.25, -0.2) is 0 Å². The molecule has 0 radical (unpaired) electrons. The number of ether oxygens (including phenoxy) is 1. The first-order valence-corrected chi connectivity index (χ1v) is 7.83. The molecule has 0 aromatic heterocycles. The lowest BCUT2D eigenvalue weighted by molar-refractivity contribution is -0.151. The third kappa shape index (κ3) is 3.33. The van der Waals surface area contributed by atoms with Gasteiger partial charge in [-0.2, -0.15) is 8.42 Å². The van der Waals surface area contributed by atoms with Gasteiger partial charge in [-0.3, -0.25) is 8.98 Å². The highest BCUT2D eigenvalue weighted by Crippen LogP contribution is 2.45. The molecule has 1 aliphatic carbocycles. The van der Waals surface area contributed by atoms with Gasteiger partial charge in [0.2, 0.25) is 0 Å². The van der Waals surface area contributed by atoms with Crippen LogP contribution in [0.1, 0.15) is 30.2 Å². The van der Waals surface area contributed by atoms with Gasteiger partial charge in [0.1, 0.15) is 6.10 Å². The lowest BCUT2D eigenvalue weighted by atomic mass is 10.1. The van der Waals surface area contributed by atoms with Gasteiger partial charge >= 0.3 is 5.97 Å². The average molecular weight is 311 g/mol. The SMILES string of the molecule is CC(=O)O[C@@H]1c2ccccc2[C@H](N=[N+]=[N-])[C@H]1OS(C)(=O)=O. The zero-order chi connectivity index (χ0) is 15.6. The van der Waals surface area contributed by atoms with Crippen molar-refractivity contribution in [2.75, 3.05) is 6.26 Å². The van der Waals surface area contributed by atoms with Crippen LogP contribution in [0.3, 0.4) is 0 Å². The molecule has 1 aromatic carbocycles. The third-order valence-electron chi connectivity index (χ3n) is 2.99. The molecule has 8 nitrogen and oxygen atoms in total. The molecule has 9 heteroatoms. The number of hydrogen-bond donors (Lipinski definition) is 0. The van der Waals surface area contributed by atoms with E-state index in [1.807, 2.05) is 0 Å². The van der Waals surface area contributed by atoms with E-state index in [4.69, 9.17) is 14.5 Å². The Balaban J connectivity index is 2.52. The van der Waals surface area contributed by atoms with E-state index in [1.54, 1.807) is 24.3 Å². The Labute approximate surface area is 121 Å². The minimum absolute atomic E-state index is 0.568. The normalized spacial score (nSPS) is 24.0. The Morgan fingerprint density at radius 1 is 1.33 bits per heavy atom. The Kier molecular flexibility index (Phi) is 4.17. The van der Waals surface area contributed by atoms with Gasteiger partial charge in [0.15, 0.2) is 6.10 Å². The van der Waals surface area contributed by atoms with Crippen LogP contribution >= 0.6 is 0 Å². The number of carbonyl (C=O) groups excluding carboxylic acids is 1. The van der Waals surface area contributed by atoms with E-state index >= 15 is 0 Å². The standard InChI is InChI=1S/C12H13N3O5S/c1-7(16)19-11-9-6-4-3-5-8(9)10(14-15-13)12(11)20-21(2,17)18/h3-6,10-12H,1-2H3/t10-,11+,12+/m0/s1. The van der Waals surface area contributed by atoms with Gasteiger partial charge in [-0.15, -0.1) is 0 Å². The number of esters is 1. The quantitative estimate of drug-likeness (QED) is 0.277. The van der Waals surface area contributed by atoms with Crippen LogP contribution in [0.15, 0.2) is 29.4 Å². The summed E-state index contributed by atoms with van der Waals surface area (Å²) in [6, 6.07) is 5.90. The number of benzene rings is 1. The predicted molar refractivity (Wildman–Crippen MR) is 72.6 cm³/mol. The molecule has 0 aliphatic heterocycles. The van der Waals surface area contributed by atoms with E-state index in [2.05, 4.69) is 10.0 Å². The van der Waals surface area contributed by atoms with Crippen molar-refractivity contribution >= 4 is 16.1 Å². The van der Waals surface area contributed by atoms with Crippen LogP contribution in [0.25, 0.3) is 10.4 Å². The Morgan fingerprint density at radius 2 is 1.95 bits per heavy atom. The molecule has 0 heterocycles. The van der Waals surface area contributed by atoms with Gasteiger partial charge in [0.05, 0.1) is 12.3 Å². The summed E-state index contributed by atoms with van der Waals surface area (Å²) in [6.07, 6.45) is -1.17. The molecule has 0 saturated carbocycles. The first kappa shape index (κ1) is 15.3. The van der Waals surface area contributed by atoms with E-state index in [0.717, 1.165) is 6.26 Å². The molecule has 112 valence electrons. The Morgan fingerprint density at radius 3 is 2.48 bits per heavy atom. The number of carbonyl (C=O) groups is 1. The van der Waals surface area contributed by atoms with Crippen LogP contribution < -0.4 is 0 Å². The highest BCUT2D eigenvalue weighted by atomic mass is 32.2. The maximum atomic E-state index is 11.4. The predicted octanol–water partition coefficient (Wildman–Crippen LogP) is 2.00. The van der Waals surface area contributed by atoms with Crippen molar-refractivity contribution in [2.24, 2.45) is 5.11 Å². The van der Waals surface area contributed by atoms with Crippen molar-refractivity contribution in [1.82, 2.24) is 0 Å². The Hall–Kier alpha value is -2.09. The smallest absolute Gasteiger partial charge is 0.303 e. The first-order valence-electron chi connectivity index (χ1n) is 6.02. The molecule has 0 N–H and O–H groups in total. The summed E-state index contributed by atoms with van der Waals surface area (Å²) in [5, 5.41) is 3.59. The van der Waals surface area contributed by atoms with Gasteiger partial charge in [0, 0.05) is 11.8 Å². The molecule has 0 fully saturated rings. The minimum Gasteiger partial charge on any atom is -0.455 e. The fourth-order valence-electron chi connectivity index (χ4n) is 2.36. The zero-order valence-corrected chi connectivity index (χ0v) is 12.1. The van der Waals surface area contributed by atoms with Crippen LogP contribution in [0.5, 0.6) is 0 Å². The van der Waals surface area contributed by atoms with Crippen LogP contribution in [0.4, 0.5) is 0 Å². The number of fused-ring (bicyclic) bond motifs is 1. The molecule has 0 amide bonds. The summed E-state index contributed by atoms with van der Waals surface area (Å²) in [5.41, 5.74) is 9.83. The third-order valence-corrected chi connectivity index (χ3v) is 3.56. The van der Waals surface area contributed by atoms with Crippen molar-refractivity contribution in [1.29, 1.82) is 0 Å². The number of azide groups is 1. The maximum Gasteiger partial charge on any atom is 0.303 e. The van der Waals surface area contributed by atoms with Crippen LogP contribution in [-0.4, -0.2) is 26.7 Å². The highest BCUT2D eigenvalue weighted by Gasteiger charge is 2.45. The van der Waals surface area contributed by atoms with Crippen molar-refractivity contribution in [3.63, 3.8) is 0 Å². The second-order valence-corrected chi connectivity index (χ2v) is 6.17. The molecular weight excluding hydrogens is 298 g/mol.